The van der Waals surface area contributed by atoms with E-state index in [4.69, 9.17) is 4.74 Å². The Hall–Kier alpha value is -4.40. The molecule has 1 aromatic heterocycles. The molecule has 1 aliphatic rings. The number of benzene rings is 2. The van der Waals surface area contributed by atoms with Gasteiger partial charge in [-0.2, -0.15) is 0 Å². The molecule has 3 N–H and O–H groups in total. The van der Waals surface area contributed by atoms with Crippen LogP contribution < -0.4 is 10.6 Å². The number of carbonyl (C=O) groups excluding carboxylic acids is 3. The third-order valence-corrected chi connectivity index (χ3v) is 7.31. The highest BCUT2D eigenvalue weighted by molar-refractivity contribution is 5.90. The fraction of sp³-hybridized carbons (Fsp3) is 0.355. The van der Waals surface area contributed by atoms with Gasteiger partial charge in [0.15, 0.2) is 0 Å². The van der Waals surface area contributed by atoms with E-state index in [9.17, 15) is 14.4 Å². The van der Waals surface area contributed by atoms with E-state index in [1.54, 1.807) is 6.20 Å². The molecular weight excluding hydrogens is 506 g/mol. The average molecular weight is 544 g/mol. The summed E-state index contributed by atoms with van der Waals surface area (Å²) in [7, 11) is 0. The lowest BCUT2D eigenvalue weighted by molar-refractivity contribution is -0.137. The first-order valence-electron chi connectivity index (χ1n) is 13.7. The van der Waals surface area contributed by atoms with Crippen LogP contribution in [0, 0.1) is 0 Å². The molecule has 0 aliphatic heterocycles. The summed E-state index contributed by atoms with van der Waals surface area (Å²) < 4.78 is 5.37. The van der Waals surface area contributed by atoms with Gasteiger partial charge < -0.3 is 25.3 Å². The zero-order valence-corrected chi connectivity index (χ0v) is 22.8. The third kappa shape index (κ3) is 7.81. The van der Waals surface area contributed by atoms with E-state index >= 15 is 0 Å². The van der Waals surface area contributed by atoms with Crippen molar-refractivity contribution in [2.45, 2.75) is 50.7 Å². The molecule has 4 rings (SSSR count). The average Bonchev–Trinajstić information content (AvgIpc) is 3.47. The molecule has 0 radical (unpaired) electrons. The highest BCUT2D eigenvalue weighted by Gasteiger charge is 2.39. The van der Waals surface area contributed by atoms with Gasteiger partial charge in [-0.05, 0) is 30.9 Å². The van der Waals surface area contributed by atoms with E-state index in [0.717, 1.165) is 24.8 Å². The van der Waals surface area contributed by atoms with Crippen LogP contribution in [0.5, 0.6) is 0 Å². The van der Waals surface area contributed by atoms with Crippen LogP contribution in [0.3, 0.4) is 0 Å². The lowest BCUT2D eigenvalue weighted by atomic mass is 9.64. The highest BCUT2D eigenvalue weighted by atomic mass is 16.5. The summed E-state index contributed by atoms with van der Waals surface area (Å²) in [4.78, 5) is 47.9. The first-order valence-corrected chi connectivity index (χ1v) is 13.7. The minimum Gasteiger partial charge on any atom is -0.445 e. The Balaban J connectivity index is 1.41. The number of hydrogen-bond donors (Lipinski definition) is 3. The Morgan fingerprint density at radius 1 is 1.10 bits per heavy atom. The molecule has 2 aromatic carbocycles. The number of ether oxygens (including phenoxy) is 1. The molecule has 3 amide bonds. The second-order valence-corrected chi connectivity index (χ2v) is 10.1. The van der Waals surface area contributed by atoms with Crippen LogP contribution in [-0.4, -0.2) is 58.5 Å². The maximum absolute atomic E-state index is 13.7. The van der Waals surface area contributed by atoms with Gasteiger partial charge in [0.05, 0.1) is 12.9 Å². The smallest absolute Gasteiger partial charge is 0.408 e. The van der Waals surface area contributed by atoms with Crippen molar-refractivity contribution in [2.75, 3.05) is 19.6 Å². The summed E-state index contributed by atoms with van der Waals surface area (Å²) in [5, 5.41) is 5.76. The lowest BCUT2D eigenvalue weighted by Crippen LogP contribution is -2.53. The molecule has 1 fully saturated rings. The van der Waals surface area contributed by atoms with Gasteiger partial charge in [-0.3, -0.25) is 9.59 Å². The highest BCUT2D eigenvalue weighted by Crippen LogP contribution is 2.43. The minimum absolute atomic E-state index is 0.0672. The van der Waals surface area contributed by atoms with E-state index in [0.29, 0.717) is 12.2 Å². The Morgan fingerprint density at radius 2 is 1.82 bits per heavy atom. The number of alkyl carbamates (subject to hydrolysis) is 1. The zero-order valence-electron chi connectivity index (χ0n) is 22.8. The number of imidazole rings is 1. The SMILES string of the molecule is CC=CCN(CC(=O)NCC1(c2ccccc2)CCC1)C(=O)C(Cc1cnc[nH]1)NC(=O)OCc1ccccc1. The molecule has 9 heteroatoms. The summed E-state index contributed by atoms with van der Waals surface area (Å²) in [6.45, 7) is 2.54. The van der Waals surface area contributed by atoms with E-state index in [1.165, 1.54) is 16.8 Å². The maximum atomic E-state index is 13.7. The van der Waals surface area contributed by atoms with Crippen molar-refractivity contribution in [2.24, 2.45) is 0 Å². The Kier molecular flexibility index (Phi) is 10.1. The van der Waals surface area contributed by atoms with Gasteiger partial charge in [0.25, 0.3) is 0 Å². The predicted molar refractivity (Wildman–Crippen MR) is 152 cm³/mol. The number of H-pyrrole nitrogens is 1. The Bertz CT molecular complexity index is 1260. The van der Waals surface area contributed by atoms with Gasteiger partial charge in [0.2, 0.25) is 11.8 Å². The molecule has 210 valence electrons. The van der Waals surface area contributed by atoms with Crippen molar-refractivity contribution in [3.63, 3.8) is 0 Å². The number of nitrogens with one attached hydrogen (secondary N) is 3. The van der Waals surface area contributed by atoms with Crippen LogP contribution in [0.2, 0.25) is 0 Å². The minimum atomic E-state index is -0.955. The van der Waals surface area contributed by atoms with Crippen molar-refractivity contribution >= 4 is 17.9 Å². The van der Waals surface area contributed by atoms with Crippen LogP contribution >= 0.6 is 0 Å². The number of rotatable bonds is 13. The lowest BCUT2D eigenvalue weighted by Gasteiger charge is -2.42. The number of carbonyl (C=O) groups is 3. The number of allylic oxidation sites excluding steroid dienone is 1. The summed E-state index contributed by atoms with van der Waals surface area (Å²) in [5.41, 5.74) is 2.66. The van der Waals surface area contributed by atoms with E-state index in [1.807, 2.05) is 67.6 Å². The molecule has 40 heavy (non-hydrogen) atoms. The van der Waals surface area contributed by atoms with Crippen LogP contribution in [0.1, 0.15) is 43.0 Å². The van der Waals surface area contributed by atoms with Gasteiger partial charge in [0, 0.05) is 36.8 Å². The summed E-state index contributed by atoms with van der Waals surface area (Å²) in [5.74, 6) is -0.632. The van der Waals surface area contributed by atoms with E-state index in [2.05, 4.69) is 32.7 Å². The molecule has 0 spiro atoms. The van der Waals surface area contributed by atoms with Crippen molar-refractivity contribution < 1.29 is 19.1 Å². The standard InChI is InChI=1S/C31H37N5O4/c1-2-3-17-36(20-28(37)33-22-31(15-10-16-31)25-13-8-5-9-14-25)29(38)27(18-26-19-32-23-34-26)35-30(39)40-21-24-11-6-4-7-12-24/h2-9,11-14,19,23,27H,10,15-18,20-22H2,1H3,(H,32,34)(H,33,37)(H,35,39). The number of amides is 3. The Labute approximate surface area is 235 Å². The fourth-order valence-corrected chi connectivity index (χ4v) is 4.87. The molecule has 1 saturated carbocycles. The van der Waals surface area contributed by atoms with Gasteiger partial charge in [0.1, 0.15) is 12.6 Å². The molecule has 0 bridgehead atoms. The molecule has 3 aromatic rings. The van der Waals surface area contributed by atoms with Gasteiger partial charge in [-0.15, -0.1) is 0 Å². The quantitative estimate of drug-likeness (QED) is 0.283. The van der Waals surface area contributed by atoms with Gasteiger partial charge >= 0.3 is 6.09 Å². The number of nitrogens with zero attached hydrogens (tertiary/aromatic N) is 2. The predicted octanol–water partition coefficient (Wildman–Crippen LogP) is 3.89. The molecule has 1 atom stereocenters. The van der Waals surface area contributed by atoms with Crippen molar-refractivity contribution in [1.29, 1.82) is 0 Å². The van der Waals surface area contributed by atoms with Crippen molar-refractivity contribution in [3.05, 3.63) is 102 Å². The van der Waals surface area contributed by atoms with Gasteiger partial charge in [-0.25, -0.2) is 9.78 Å². The second kappa shape index (κ2) is 14.1. The third-order valence-electron chi connectivity index (χ3n) is 7.31. The fourth-order valence-electron chi connectivity index (χ4n) is 4.87. The second-order valence-electron chi connectivity index (χ2n) is 10.1. The van der Waals surface area contributed by atoms with Crippen LogP contribution in [0.25, 0.3) is 0 Å². The molecule has 0 saturated heterocycles. The molecule has 1 unspecified atom stereocenters. The van der Waals surface area contributed by atoms with Crippen LogP contribution in [0.15, 0.2) is 85.3 Å². The Morgan fingerprint density at radius 3 is 2.45 bits per heavy atom. The molecular formula is C31H37N5O4. The monoisotopic (exact) mass is 543 g/mol. The number of hydrogen-bond acceptors (Lipinski definition) is 5. The normalized spacial score (nSPS) is 14.6. The summed E-state index contributed by atoms with van der Waals surface area (Å²) in [6.07, 6.45) is 9.35. The number of aromatic amines is 1. The van der Waals surface area contributed by atoms with Gasteiger partial charge in [-0.1, -0.05) is 79.2 Å². The largest absolute Gasteiger partial charge is 0.445 e. The first-order chi connectivity index (χ1) is 19.5. The summed E-state index contributed by atoms with van der Waals surface area (Å²) in [6, 6.07) is 18.6. The molecule has 9 nitrogen and oxygen atoms in total. The molecule has 1 aliphatic carbocycles. The topological polar surface area (TPSA) is 116 Å². The van der Waals surface area contributed by atoms with E-state index in [-0.39, 0.29) is 43.3 Å². The van der Waals surface area contributed by atoms with Crippen LogP contribution in [-0.2, 0) is 32.8 Å². The maximum Gasteiger partial charge on any atom is 0.408 e. The number of aromatic nitrogens is 2. The first kappa shape index (κ1) is 28.6. The van der Waals surface area contributed by atoms with Crippen molar-refractivity contribution in [1.82, 2.24) is 25.5 Å². The van der Waals surface area contributed by atoms with Crippen LogP contribution in [0.4, 0.5) is 4.79 Å². The van der Waals surface area contributed by atoms with Crippen molar-refractivity contribution in [3.8, 4) is 0 Å². The molecule has 1 heterocycles. The summed E-state index contributed by atoms with van der Waals surface area (Å²) >= 11 is 0. The van der Waals surface area contributed by atoms with E-state index < -0.39 is 12.1 Å². The zero-order chi connectivity index (χ0) is 28.2.